The van der Waals surface area contributed by atoms with Crippen LogP contribution < -0.4 is 5.32 Å². The molecular formula is C20H22F6N2OS. The number of halogens is 6. The Morgan fingerprint density at radius 3 is 2.20 bits per heavy atom. The second-order valence-electron chi connectivity index (χ2n) is 7.48. The standard InChI is InChI=1S/C20H22F6N2OS/c21-19-12-18(30(22,23,24,25)26)7-6-17(19)13-27-20(29)16-8-10-28(11-9-16)14-15-4-2-1-3-5-15/h1-7,12,16H,8-11,13-14H2,(H,27,29). The maximum absolute atomic E-state index is 13.9. The average Bonchev–Trinajstić information content (AvgIpc) is 2.66. The summed E-state index contributed by atoms with van der Waals surface area (Å²) in [6, 6.07) is 10.5. The molecular weight excluding hydrogens is 430 g/mol. The first kappa shape index (κ1) is 22.5. The maximum Gasteiger partial charge on any atom is 0.310 e. The minimum Gasteiger partial charge on any atom is -0.352 e. The number of likely N-dealkylation sites (tertiary alicyclic amines) is 1. The van der Waals surface area contributed by atoms with E-state index in [1.165, 1.54) is 5.56 Å². The fourth-order valence-electron chi connectivity index (χ4n) is 3.43. The Balaban J connectivity index is 1.52. The van der Waals surface area contributed by atoms with Gasteiger partial charge in [0.05, 0.1) is 0 Å². The SMILES string of the molecule is O=C(NCc1ccc(S(F)(F)(F)(F)F)cc1F)C1CCN(Cc2ccccc2)CC1. The van der Waals surface area contributed by atoms with Gasteiger partial charge >= 0.3 is 10.2 Å². The van der Waals surface area contributed by atoms with Crippen LogP contribution in [0.25, 0.3) is 0 Å². The predicted molar refractivity (Wildman–Crippen MR) is 104 cm³/mol. The Kier molecular flexibility index (Phi) is 5.61. The Labute approximate surface area is 170 Å². The van der Waals surface area contributed by atoms with Gasteiger partial charge in [0.25, 0.3) is 0 Å². The number of carbonyl (C=O) groups excluding carboxylic acids is 1. The summed E-state index contributed by atoms with van der Waals surface area (Å²) in [7, 11) is -9.94. The van der Waals surface area contributed by atoms with Gasteiger partial charge in [-0.05, 0) is 43.6 Å². The monoisotopic (exact) mass is 452 g/mol. The number of hydrogen-bond donors (Lipinski definition) is 1. The van der Waals surface area contributed by atoms with Crippen LogP contribution in [0.5, 0.6) is 0 Å². The Bertz CT molecular complexity index is 913. The third kappa shape index (κ3) is 5.91. The molecule has 0 bridgehead atoms. The van der Waals surface area contributed by atoms with E-state index in [1.807, 2.05) is 30.3 Å². The normalized spacial score (nSPS) is 18.5. The number of nitrogens with zero attached hydrogens (tertiary/aromatic N) is 1. The van der Waals surface area contributed by atoms with E-state index in [4.69, 9.17) is 0 Å². The van der Waals surface area contributed by atoms with Crippen molar-refractivity contribution in [2.75, 3.05) is 13.1 Å². The highest BCUT2D eigenvalue weighted by molar-refractivity contribution is 8.45. The van der Waals surface area contributed by atoms with Crippen LogP contribution in [0.4, 0.5) is 23.8 Å². The minimum atomic E-state index is -9.94. The number of amides is 1. The molecule has 0 aromatic heterocycles. The Morgan fingerprint density at radius 2 is 1.63 bits per heavy atom. The molecule has 1 aliphatic rings. The van der Waals surface area contributed by atoms with Crippen LogP contribution in [0, 0.1) is 11.7 Å². The molecule has 0 spiro atoms. The van der Waals surface area contributed by atoms with Crippen molar-refractivity contribution in [3.63, 3.8) is 0 Å². The first-order valence-electron chi connectivity index (χ1n) is 9.38. The summed E-state index contributed by atoms with van der Waals surface area (Å²) in [6.07, 6.45) is 1.20. The second-order valence-corrected chi connectivity index (χ2v) is 9.89. The Hall–Kier alpha value is -2.20. The zero-order valence-electron chi connectivity index (χ0n) is 16.0. The lowest BCUT2D eigenvalue weighted by Gasteiger charge is -2.40. The molecule has 0 atom stereocenters. The van der Waals surface area contributed by atoms with E-state index < -0.39 is 20.9 Å². The largest absolute Gasteiger partial charge is 0.352 e. The highest BCUT2D eigenvalue weighted by Gasteiger charge is 2.65. The fourth-order valence-corrected chi connectivity index (χ4v) is 4.08. The lowest BCUT2D eigenvalue weighted by molar-refractivity contribution is -0.126. The van der Waals surface area contributed by atoms with Crippen molar-refractivity contribution in [1.82, 2.24) is 10.2 Å². The molecule has 1 fully saturated rings. The van der Waals surface area contributed by atoms with Crippen LogP contribution in [0.1, 0.15) is 24.0 Å². The van der Waals surface area contributed by atoms with Crippen molar-refractivity contribution in [2.24, 2.45) is 5.92 Å². The lowest BCUT2D eigenvalue weighted by atomic mass is 9.95. The first-order chi connectivity index (χ1) is 13.8. The van der Waals surface area contributed by atoms with Gasteiger partial charge in [-0.3, -0.25) is 9.69 Å². The van der Waals surface area contributed by atoms with Gasteiger partial charge in [0.15, 0.2) is 0 Å². The quantitative estimate of drug-likeness (QED) is 0.545. The number of benzene rings is 2. The maximum atomic E-state index is 13.9. The van der Waals surface area contributed by atoms with E-state index in [-0.39, 0.29) is 36.1 Å². The van der Waals surface area contributed by atoms with E-state index in [0.29, 0.717) is 32.0 Å². The van der Waals surface area contributed by atoms with Crippen LogP contribution in [-0.4, -0.2) is 23.9 Å². The van der Waals surface area contributed by atoms with Crippen molar-refractivity contribution < 1.29 is 28.6 Å². The summed E-state index contributed by atoms with van der Waals surface area (Å²) in [4.78, 5) is 12.3. The average molecular weight is 452 g/mol. The van der Waals surface area contributed by atoms with Crippen molar-refractivity contribution in [2.45, 2.75) is 30.8 Å². The van der Waals surface area contributed by atoms with E-state index in [2.05, 4.69) is 10.2 Å². The number of nitrogens with one attached hydrogen (secondary N) is 1. The summed E-state index contributed by atoms with van der Waals surface area (Å²) in [5.74, 6) is -2.05. The third-order valence-corrected chi connectivity index (χ3v) is 6.28. The van der Waals surface area contributed by atoms with Gasteiger partial charge < -0.3 is 5.32 Å². The molecule has 10 heteroatoms. The number of hydrogen-bond acceptors (Lipinski definition) is 2. The van der Waals surface area contributed by atoms with Crippen LogP contribution in [0.15, 0.2) is 53.4 Å². The minimum absolute atomic E-state index is 0.147. The molecule has 0 unspecified atom stereocenters. The van der Waals surface area contributed by atoms with Crippen LogP contribution in [0.2, 0.25) is 0 Å². The molecule has 30 heavy (non-hydrogen) atoms. The van der Waals surface area contributed by atoms with E-state index in [9.17, 15) is 28.6 Å². The first-order valence-corrected chi connectivity index (χ1v) is 11.3. The second kappa shape index (κ2) is 7.49. The van der Waals surface area contributed by atoms with Crippen LogP contribution >= 0.6 is 10.2 Å². The molecule has 1 amide bonds. The number of rotatable bonds is 6. The van der Waals surface area contributed by atoms with Crippen LogP contribution in [-0.2, 0) is 17.9 Å². The van der Waals surface area contributed by atoms with E-state index in [1.54, 1.807) is 0 Å². The van der Waals surface area contributed by atoms with Crippen molar-refractivity contribution in [1.29, 1.82) is 0 Å². The number of piperidine rings is 1. The molecule has 0 aliphatic carbocycles. The highest BCUT2D eigenvalue weighted by atomic mass is 32.5. The summed E-state index contributed by atoms with van der Waals surface area (Å²) in [5.41, 5.74) is 0.890. The smallest absolute Gasteiger partial charge is 0.310 e. The van der Waals surface area contributed by atoms with Gasteiger partial charge in [0.2, 0.25) is 5.91 Å². The third-order valence-electron chi connectivity index (χ3n) is 5.13. The van der Waals surface area contributed by atoms with Gasteiger partial charge in [-0.25, -0.2) is 4.39 Å². The predicted octanol–water partition coefficient (Wildman–Crippen LogP) is 6.01. The lowest BCUT2D eigenvalue weighted by Crippen LogP contribution is -2.40. The molecule has 3 rings (SSSR count). The van der Waals surface area contributed by atoms with Gasteiger partial charge in [-0.15, -0.1) is 0 Å². The summed E-state index contributed by atoms with van der Waals surface area (Å²) in [6.45, 7) is 1.83. The van der Waals surface area contributed by atoms with Gasteiger partial charge in [-0.1, -0.05) is 55.8 Å². The zero-order valence-corrected chi connectivity index (χ0v) is 16.8. The molecule has 1 aliphatic heterocycles. The zero-order chi connectivity index (χ0) is 22.1. The van der Waals surface area contributed by atoms with E-state index in [0.717, 1.165) is 6.54 Å². The molecule has 166 valence electrons. The van der Waals surface area contributed by atoms with Crippen LogP contribution in [0.3, 0.4) is 0 Å². The Morgan fingerprint density at radius 1 is 1.00 bits per heavy atom. The topological polar surface area (TPSA) is 32.3 Å². The molecule has 1 N–H and O–H groups in total. The molecule has 0 saturated carbocycles. The molecule has 1 heterocycles. The molecule has 2 aromatic rings. The summed E-state index contributed by atoms with van der Waals surface area (Å²) >= 11 is 0. The van der Waals surface area contributed by atoms with Crippen molar-refractivity contribution in [3.05, 3.63) is 65.5 Å². The van der Waals surface area contributed by atoms with Gasteiger partial charge in [0, 0.05) is 24.6 Å². The molecule has 0 radical (unpaired) electrons. The van der Waals surface area contributed by atoms with Gasteiger partial charge in [0.1, 0.15) is 10.7 Å². The summed E-state index contributed by atoms with van der Waals surface area (Å²) in [5, 5.41) is 2.49. The van der Waals surface area contributed by atoms with Crippen molar-refractivity contribution in [3.8, 4) is 0 Å². The fraction of sp³-hybridized carbons (Fsp3) is 0.350. The summed E-state index contributed by atoms with van der Waals surface area (Å²) < 4.78 is 77.6. The van der Waals surface area contributed by atoms with E-state index >= 15 is 0 Å². The molecule has 1 saturated heterocycles. The van der Waals surface area contributed by atoms with Crippen molar-refractivity contribution >= 4 is 16.1 Å². The van der Waals surface area contributed by atoms with Gasteiger partial charge in [-0.2, -0.15) is 0 Å². The highest BCUT2D eigenvalue weighted by Crippen LogP contribution is 3.02. The molecule has 2 aromatic carbocycles. The molecule has 3 nitrogen and oxygen atoms in total. The number of carbonyl (C=O) groups is 1.